The Morgan fingerprint density at radius 2 is 1.78 bits per heavy atom. The normalized spacial score (nSPS) is 10.4. The quantitative estimate of drug-likeness (QED) is 0.400. The minimum atomic E-state index is -1.08. The number of ketones is 1. The average Bonchev–Trinajstić information content (AvgIpc) is 2.78. The molecule has 1 aromatic carbocycles. The Balaban J connectivity index is 1.61. The van der Waals surface area contributed by atoms with Crippen LogP contribution in [0.5, 0.6) is 0 Å². The maximum absolute atomic E-state index is 12.1. The van der Waals surface area contributed by atoms with Crippen molar-refractivity contribution in [1.82, 2.24) is 14.5 Å². The SMILES string of the molecule is CC(=O)c1cc(-c2ccc(C#Cc3ccn(CC(=O)O)c(=O)c3)cc2)nc2ccncc12. The lowest BCUT2D eigenvalue weighted by molar-refractivity contribution is -0.137. The van der Waals surface area contributed by atoms with E-state index in [1.54, 1.807) is 30.6 Å². The van der Waals surface area contributed by atoms with Crippen LogP contribution in [0.3, 0.4) is 0 Å². The minimum absolute atomic E-state index is 0.0561. The molecule has 1 N–H and O–H groups in total. The van der Waals surface area contributed by atoms with Gasteiger partial charge in [0.1, 0.15) is 6.54 Å². The van der Waals surface area contributed by atoms with Crippen molar-refractivity contribution in [3.63, 3.8) is 0 Å². The number of pyridine rings is 3. The van der Waals surface area contributed by atoms with Gasteiger partial charge in [-0.1, -0.05) is 24.0 Å². The number of rotatable bonds is 4. The Morgan fingerprint density at radius 3 is 2.47 bits per heavy atom. The van der Waals surface area contributed by atoms with E-state index >= 15 is 0 Å². The fraction of sp³-hybridized carbons (Fsp3) is 0.0800. The lowest BCUT2D eigenvalue weighted by Gasteiger charge is -2.07. The number of hydrogen-bond acceptors (Lipinski definition) is 5. The van der Waals surface area contributed by atoms with E-state index in [-0.39, 0.29) is 5.78 Å². The second-order valence-corrected chi connectivity index (χ2v) is 7.11. The summed E-state index contributed by atoms with van der Waals surface area (Å²) in [4.78, 5) is 43.5. The molecular formula is C25H17N3O4. The predicted molar refractivity (Wildman–Crippen MR) is 119 cm³/mol. The number of carbonyl (C=O) groups excluding carboxylic acids is 1. The summed E-state index contributed by atoms with van der Waals surface area (Å²) < 4.78 is 1.10. The molecule has 4 rings (SSSR count). The Morgan fingerprint density at radius 1 is 1.03 bits per heavy atom. The Hall–Kier alpha value is -4.57. The van der Waals surface area contributed by atoms with E-state index in [9.17, 15) is 14.4 Å². The smallest absolute Gasteiger partial charge is 0.323 e. The molecule has 0 atom stereocenters. The van der Waals surface area contributed by atoms with E-state index in [4.69, 9.17) is 5.11 Å². The van der Waals surface area contributed by atoms with Crippen molar-refractivity contribution in [1.29, 1.82) is 0 Å². The van der Waals surface area contributed by atoms with Crippen molar-refractivity contribution in [2.75, 3.05) is 0 Å². The maximum Gasteiger partial charge on any atom is 0.323 e. The molecule has 0 aliphatic heterocycles. The van der Waals surface area contributed by atoms with Crippen LogP contribution in [-0.4, -0.2) is 31.4 Å². The zero-order valence-electron chi connectivity index (χ0n) is 17.1. The maximum atomic E-state index is 12.1. The van der Waals surface area contributed by atoms with E-state index in [1.807, 2.05) is 24.3 Å². The molecule has 0 bridgehead atoms. The van der Waals surface area contributed by atoms with Crippen molar-refractivity contribution in [3.8, 4) is 23.1 Å². The molecule has 4 aromatic rings. The molecular weight excluding hydrogens is 406 g/mol. The first-order chi connectivity index (χ1) is 15.4. The number of carboxylic acid groups (broad SMARTS) is 1. The third-order valence-electron chi connectivity index (χ3n) is 4.82. The number of aromatic nitrogens is 3. The summed E-state index contributed by atoms with van der Waals surface area (Å²) >= 11 is 0. The van der Waals surface area contributed by atoms with Crippen LogP contribution >= 0.6 is 0 Å². The Kier molecular flexibility index (Phi) is 5.60. The molecule has 156 valence electrons. The Bertz CT molecular complexity index is 1480. The molecule has 0 radical (unpaired) electrons. The van der Waals surface area contributed by atoms with Crippen LogP contribution in [-0.2, 0) is 11.3 Å². The molecule has 0 unspecified atom stereocenters. The van der Waals surface area contributed by atoms with E-state index < -0.39 is 18.1 Å². The van der Waals surface area contributed by atoms with Crippen LogP contribution in [0.25, 0.3) is 22.2 Å². The molecule has 0 saturated carbocycles. The van der Waals surface area contributed by atoms with Gasteiger partial charge in [-0.25, -0.2) is 4.98 Å². The van der Waals surface area contributed by atoms with Gasteiger partial charge in [0, 0.05) is 52.3 Å². The molecule has 3 aromatic heterocycles. The first-order valence-electron chi connectivity index (χ1n) is 9.71. The number of carbonyl (C=O) groups is 2. The van der Waals surface area contributed by atoms with Gasteiger partial charge in [0.05, 0.1) is 11.2 Å². The molecule has 32 heavy (non-hydrogen) atoms. The first kappa shape index (κ1) is 20.7. The Labute approximate surface area is 183 Å². The number of benzene rings is 1. The standard InChI is InChI=1S/C25H17N3O4/c1-16(29)20-13-23(27-22-8-10-26-14-21(20)22)19-6-4-17(5-7-19)2-3-18-9-11-28(15-25(31)32)24(30)12-18/h4-14H,15H2,1H3,(H,31,32). The number of aliphatic carboxylic acids is 1. The number of nitrogens with zero attached hydrogens (tertiary/aromatic N) is 3. The summed E-state index contributed by atoms with van der Waals surface area (Å²) in [5.41, 5.74) is 3.59. The monoisotopic (exact) mass is 423 g/mol. The number of fused-ring (bicyclic) bond motifs is 1. The van der Waals surface area contributed by atoms with Gasteiger partial charge in [-0.2, -0.15) is 0 Å². The molecule has 0 aliphatic rings. The molecule has 0 amide bonds. The van der Waals surface area contributed by atoms with Crippen molar-refractivity contribution < 1.29 is 14.7 Å². The molecule has 0 aliphatic carbocycles. The van der Waals surface area contributed by atoms with Gasteiger partial charge in [-0.05, 0) is 37.3 Å². The van der Waals surface area contributed by atoms with Gasteiger partial charge >= 0.3 is 5.97 Å². The lowest BCUT2D eigenvalue weighted by atomic mass is 10.0. The largest absolute Gasteiger partial charge is 0.480 e. The van der Waals surface area contributed by atoms with Gasteiger partial charge in [-0.3, -0.25) is 19.4 Å². The average molecular weight is 423 g/mol. The molecule has 0 spiro atoms. The van der Waals surface area contributed by atoms with Gasteiger partial charge in [0.2, 0.25) is 0 Å². The van der Waals surface area contributed by atoms with Crippen molar-refractivity contribution >= 4 is 22.7 Å². The fourth-order valence-electron chi connectivity index (χ4n) is 3.24. The highest BCUT2D eigenvalue weighted by Crippen LogP contribution is 2.25. The zero-order valence-corrected chi connectivity index (χ0v) is 17.1. The van der Waals surface area contributed by atoms with Gasteiger partial charge < -0.3 is 9.67 Å². The summed E-state index contributed by atoms with van der Waals surface area (Å²) in [6.07, 6.45) is 4.69. The predicted octanol–water partition coefficient (Wildman–Crippen LogP) is 3.15. The molecule has 0 fully saturated rings. The highest BCUT2D eigenvalue weighted by Gasteiger charge is 2.11. The zero-order chi connectivity index (χ0) is 22.7. The van der Waals surface area contributed by atoms with E-state index in [1.165, 1.54) is 19.2 Å². The van der Waals surface area contributed by atoms with Crippen LogP contribution in [0.1, 0.15) is 28.4 Å². The fourth-order valence-corrected chi connectivity index (χ4v) is 3.24. The van der Waals surface area contributed by atoms with Crippen molar-refractivity contribution in [3.05, 3.63) is 94.2 Å². The molecule has 0 saturated heterocycles. The second-order valence-electron chi connectivity index (χ2n) is 7.11. The third kappa shape index (κ3) is 4.45. The second kappa shape index (κ2) is 8.66. The molecule has 7 heteroatoms. The highest BCUT2D eigenvalue weighted by molar-refractivity contribution is 6.06. The van der Waals surface area contributed by atoms with Crippen LogP contribution in [0.4, 0.5) is 0 Å². The van der Waals surface area contributed by atoms with Gasteiger partial charge in [0.25, 0.3) is 5.56 Å². The molecule has 3 heterocycles. The summed E-state index contributed by atoms with van der Waals surface area (Å²) in [5.74, 6) is 4.76. The van der Waals surface area contributed by atoms with Crippen molar-refractivity contribution in [2.24, 2.45) is 0 Å². The van der Waals surface area contributed by atoms with Gasteiger partial charge in [-0.15, -0.1) is 0 Å². The van der Waals surface area contributed by atoms with Crippen LogP contribution in [0.15, 0.2) is 71.9 Å². The summed E-state index contributed by atoms with van der Waals surface area (Å²) in [6.45, 7) is 1.13. The highest BCUT2D eigenvalue weighted by atomic mass is 16.4. The van der Waals surface area contributed by atoms with Crippen LogP contribution in [0, 0.1) is 11.8 Å². The lowest BCUT2D eigenvalue weighted by Crippen LogP contribution is -2.22. The first-order valence-corrected chi connectivity index (χ1v) is 9.71. The van der Waals surface area contributed by atoms with Gasteiger partial charge in [0.15, 0.2) is 5.78 Å². The molecule has 7 nitrogen and oxygen atoms in total. The van der Waals surface area contributed by atoms with Crippen LogP contribution < -0.4 is 5.56 Å². The van der Waals surface area contributed by atoms with E-state index in [2.05, 4.69) is 21.8 Å². The number of carboxylic acids is 1. The van der Waals surface area contributed by atoms with Crippen LogP contribution in [0.2, 0.25) is 0 Å². The minimum Gasteiger partial charge on any atom is -0.480 e. The number of hydrogen-bond donors (Lipinski definition) is 1. The van der Waals surface area contributed by atoms with Crippen molar-refractivity contribution in [2.45, 2.75) is 13.5 Å². The summed E-state index contributed by atoms with van der Waals surface area (Å²) in [5, 5.41) is 9.52. The third-order valence-corrected chi connectivity index (χ3v) is 4.82. The topological polar surface area (TPSA) is 102 Å². The van der Waals surface area contributed by atoms with E-state index in [0.29, 0.717) is 22.3 Å². The summed E-state index contributed by atoms with van der Waals surface area (Å²) in [6, 6.07) is 13.8. The summed E-state index contributed by atoms with van der Waals surface area (Å²) in [7, 11) is 0. The number of Topliss-reactive ketones (excluding diaryl/α,β-unsaturated/α-hetero) is 1. The van der Waals surface area contributed by atoms with E-state index in [0.717, 1.165) is 21.1 Å².